The zero-order valence-electron chi connectivity index (χ0n) is 14.2. The molecule has 12 heteroatoms. The number of thiophene rings is 1. The van der Waals surface area contributed by atoms with Crippen LogP contribution in [0.4, 0.5) is 24.5 Å². The van der Waals surface area contributed by atoms with Crippen molar-refractivity contribution in [1.82, 2.24) is 4.90 Å². The van der Waals surface area contributed by atoms with Gasteiger partial charge in [0.25, 0.3) is 15.5 Å². The fourth-order valence-corrected chi connectivity index (χ4v) is 4.04. The van der Waals surface area contributed by atoms with Gasteiger partial charge in [0, 0.05) is 17.5 Å². The SMILES string of the molecule is CN(C)C(CNc1ccc(S(=O)(=O)C(F)(F)F)cc1[N+](=O)[O-])c1cccs1. The quantitative estimate of drug-likeness (QED) is 0.540. The number of benzene rings is 1. The summed E-state index contributed by atoms with van der Waals surface area (Å²) in [4.78, 5) is 12.0. The molecule has 1 heterocycles. The van der Waals surface area contributed by atoms with Crippen LogP contribution in [0.5, 0.6) is 0 Å². The van der Waals surface area contributed by atoms with Crippen molar-refractivity contribution in [1.29, 1.82) is 0 Å². The molecule has 0 aliphatic heterocycles. The van der Waals surface area contributed by atoms with E-state index in [0.29, 0.717) is 12.1 Å². The number of alkyl halides is 3. The highest BCUT2D eigenvalue weighted by molar-refractivity contribution is 7.92. The van der Waals surface area contributed by atoms with E-state index < -0.39 is 30.9 Å². The Hall–Kier alpha value is -2.18. The third-order valence-electron chi connectivity index (χ3n) is 3.76. The molecule has 0 saturated carbocycles. The molecule has 1 aromatic carbocycles. The Morgan fingerprint density at radius 3 is 2.44 bits per heavy atom. The maximum absolute atomic E-state index is 12.7. The Morgan fingerprint density at radius 1 is 1.30 bits per heavy atom. The van der Waals surface area contributed by atoms with Crippen molar-refractivity contribution in [2.75, 3.05) is 26.0 Å². The van der Waals surface area contributed by atoms with Crippen molar-refractivity contribution >= 4 is 32.5 Å². The van der Waals surface area contributed by atoms with Crippen LogP contribution in [0, 0.1) is 10.1 Å². The fraction of sp³-hybridized carbons (Fsp3) is 0.333. The third kappa shape index (κ3) is 4.57. The molecule has 0 bridgehead atoms. The van der Waals surface area contributed by atoms with Crippen LogP contribution in [0.1, 0.15) is 10.9 Å². The van der Waals surface area contributed by atoms with Gasteiger partial charge in [0.15, 0.2) is 0 Å². The lowest BCUT2D eigenvalue weighted by atomic mass is 10.2. The number of anilines is 1. The summed E-state index contributed by atoms with van der Waals surface area (Å²) in [7, 11) is -2.03. The Bertz CT molecular complexity index is 913. The summed E-state index contributed by atoms with van der Waals surface area (Å²) in [5.41, 5.74) is -6.35. The minimum Gasteiger partial charge on any atom is -0.378 e. The average Bonchev–Trinajstić information content (AvgIpc) is 3.07. The van der Waals surface area contributed by atoms with Gasteiger partial charge < -0.3 is 10.2 Å². The van der Waals surface area contributed by atoms with Crippen LogP contribution >= 0.6 is 11.3 Å². The highest BCUT2D eigenvalue weighted by Gasteiger charge is 2.47. The van der Waals surface area contributed by atoms with Gasteiger partial charge in [-0.1, -0.05) is 6.07 Å². The monoisotopic (exact) mass is 423 g/mol. The van der Waals surface area contributed by atoms with Crippen LogP contribution < -0.4 is 5.32 Å². The second kappa shape index (κ2) is 7.82. The molecule has 148 valence electrons. The molecule has 0 aliphatic rings. The molecule has 7 nitrogen and oxygen atoms in total. The number of nitro groups is 1. The molecule has 1 N–H and O–H groups in total. The Kier molecular flexibility index (Phi) is 6.12. The molecular weight excluding hydrogens is 407 g/mol. The lowest BCUT2D eigenvalue weighted by molar-refractivity contribution is -0.384. The van der Waals surface area contributed by atoms with Crippen molar-refractivity contribution in [2.45, 2.75) is 16.4 Å². The molecule has 0 spiro atoms. The molecule has 1 unspecified atom stereocenters. The Labute approximate surface area is 157 Å². The van der Waals surface area contributed by atoms with Crippen LogP contribution in [-0.4, -0.2) is 44.4 Å². The van der Waals surface area contributed by atoms with Crippen molar-refractivity contribution in [2.24, 2.45) is 0 Å². The molecule has 0 amide bonds. The van der Waals surface area contributed by atoms with Gasteiger partial charge in [-0.25, -0.2) is 8.42 Å². The summed E-state index contributed by atoms with van der Waals surface area (Å²) < 4.78 is 61.0. The number of sulfone groups is 1. The van der Waals surface area contributed by atoms with Crippen LogP contribution in [-0.2, 0) is 9.84 Å². The van der Waals surface area contributed by atoms with Crippen molar-refractivity contribution in [3.8, 4) is 0 Å². The van der Waals surface area contributed by atoms with E-state index in [-0.39, 0.29) is 18.3 Å². The predicted molar refractivity (Wildman–Crippen MR) is 95.6 cm³/mol. The van der Waals surface area contributed by atoms with Crippen molar-refractivity contribution in [3.05, 3.63) is 50.7 Å². The van der Waals surface area contributed by atoms with E-state index in [1.54, 1.807) is 0 Å². The van der Waals surface area contributed by atoms with E-state index in [1.165, 1.54) is 11.3 Å². The molecule has 2 aromatic rings. The number of halogens is 3. The van der Waals surface area contributed by atoms with Crippen molar-refractivity contribution < 1.29 is 26.5 Å². The summed E-state index contributed by atoms with van der Waals surface area (Å²) >= 11 is 1.49. The van der Waals surface area contributed by atoms with Gasteiger partial charge in [-0.15, -0.1) is 11.3 Å². The molecule has 1 aromatic heterocycles. The summed E-state index contributed by atoms with van der Waals surface area (Å²) in [5.74, 6) is 0. The topological polar surface area (TPSA) is 92.6 Å². The standard InChI is InChI=1S/C15H16F3N3O4S2/c1-20(2)13(14-4-3-7-26-14)9-19-11-6-5-10(8-12(11)21(22)23)27(24,25)15(16,17)18/h3-8,13,19H,9H2,1-2H3. The van der Waals surface area contributed by atoms with Gasteiger partial charge in [-0.3, -0.25) is 10.1 Å². The Balaban J connectivity index is 2.34. The van der Waals surface area contributed by atoms with Gasteiger partial charge in [0.1, 0.15) is 5.69 Å². The maximum atomic E-state index is 12.7. The van der Waals surface area contributed by atoms with Gasteiger partial charge in [0.05, 0.1) is 15.9 Å². The molecule has 0 aliphatic carbocycles. The largest absolute Gasteiger partial charge is 0.501 e. The fourth-order valence-electron chi connectivity index (χ4n) is 2.34. The molecular formula is C15H16F3N3O4S2. The molecule has 0 saturated heterocycles. The smallest absolute Gasteiger partial charge is 0.378 e. The molecule has 27 heavy (non-hydrogen) atoms. The van der Waals surface area contributed by atoms with E-state index in [4.69, 9.17) is 0 Å². The van der Waals surface area contributed by atoms with E-state index >= 15 is 0 Å². The number of rotatable bonds is 7. The average molecular weight is 423 g/mol. The van der Waals surface area contributed by atoms with Crippen LogP contribution in [0.3, 0.4) is 0 Å². The van der Waals surface area contributed by atoms with Gasteiger partial charge in [0.2, 0.25) is 0 Å². The maximum Gasteiger partial charge on any atom is 0.501 e. The summed E-state index contributed by atoms with van der Waals surface area (Å²) in [5, 5.41) is 15.9. The first-order chi connectivity index (χ1) is 12.4. The van der Waals surface area contributed by atoms with Crippen molar-refractivity contribution in [3.63, 3.8) is 0 Å². The summed E-state index contributed by atoms with van der Waals surface area (Å²) in [6.07, 6.45) is 0. The lowest BCUT2D eigenvalue weighted by Gasteiger charge is -2.24. The van der Waals surface area contributed by atoms with Crippen LogP contribution in [0.2, 0.25) is 0 Å². The third-order valence-corrected chi connectivity index (χ3v) is 6.22. The van der Waals surface area contributed by atoms with E-state index in [1.807, 2.05) is 36.5 Å². The second-order valence-electron chi connectivity index (χ2n) is 5.76. The number of nitrogens with one attached hydrogen (secondary N) is 1. The van der Waals surface area contributed by atoms with Gasteiger partial charge in [-0.05, 0) is 37.7 Å². The number of hydrogen-bond acceptors (Lipinski definition) is 7. The van der Waals surface area contributed by atoms with Crippen LogP contribution in [0.15, 0.2) is 40.6 Å². The second-order valence-corrected chi connectivity index (χ2v) is 8.68. The number of nitrogens with zero attached hydrogens (tertiary/aromatic N) is 2. The summed E-state index contributed by atoms with van der Waals surface area (Å²) in [6.45, 7) is 0.236. The zero-order chi connectivity index (χ0) is 20.4. The first-order valence-electron chi connectivity index (χ1n) is 7.48. The number of nitro benzene ring substituents is 1. The number of hydrogen-bond donors (Lipinski definition) is 1. The highest BCUT2D eigenvalue weighted by atomic mass is 32.2. The molecule has 1 atom stereocenters. The van der Waals surface area contributed by atoms with Crippen LogP contribution in [0.25, 0.3) is 0 Å². The Morgan fingerprint density at radius 2 is 1.96 bits per heavy atom. The molecule has 0 fully saturated rings. The predicted octanol–water partition coefficient (Wildman–Crippen LogP) is 3.66. The first-order valence-corrected chi connectivity index (χ1v) is 9.85. The van der Waals surface area contributed by atoms with E-state index in [9.17, 15) is 31.7 Å². The molecule has 0 radical (unpaired) electrons. The minimum absolute atomic E-state index is 0.0652. The van der Waals surface area contributed by atoms with E-state index in [0.717, 1.165) is 10.9 Å². The zero-order valence-corrected chi connectivity index (χ0v) is 15.9. The van der Waals surface area contributed by atoms with Gasteiger partial charge >= 0.3 is 5.51 Å². The lowest BCUT2D eigenvalue weighted by Crippen LogP contribution is -2.26. The summed E-state index contributed by atoms with van der Waals surface area (Å²) in [6, 6.07) is 5.70. The highest BCUT2D eigenvalue weighted by Crippen LogP contribution is 2.35. The number of likely N-dealkylation sites (N-methyl/N-ethyl adjacent to an activating group) is 1. The molecule has 2 rings (SSSR count). The first kappa shape index (κ1) is 21.1. The minimum atomic E-state index is -5.67. The van der Waals surface area contributed by atoms with E-state index in [2.05, 4.69) is 5.32 Å². The van der Waals surface area contributed by atoms with Gasteiger partial charge in [-0.2, -0.15) is 13.2 Å². The normalized spacial score (nSPS) is 13.6.